The van der Waals surface area contributed by atoms with E-state index < -0.39 is 10.7 Å². The Morgan fingerprint density at radius 3 is 2.56 bits per heavy atom. The van der Waals surface area contributed by atoms with E-state index in [0.29, 0.717) is 18.7 Å². The van der Waals surface area contributed by atoms with E-state index in [1.54, 1.807) is 18.2 Å². The summed E-state index contributed by atoms with van der Waals surface area (Å²) in [6, 6.07) is 10.2. The van der Waals surface area contributed by atoms with E-state index in [0.717, 1.165) is 29.7 Å². The van der Waals surface area contributed by atoms with E-state index in [1.807, 2.05) is 13.0 Å². The molecule has 7 heteroatoms. The van der Waals surface area contributed by atoms with Crippen LogP contribution in [0.25, 0.3) is 0 Å². The molecule has 2 N–H and O–H groups in total. The Bertz CT molecular complexity index is 917. The van der Waals surface area contributed by atoms with Crippen LogP contribution in [-0.2, 0) is 17.1 Å². The summed E-state index contributed by atoms with van der Waals surface area (Å²) >= 11 is 0. The van der Waals surface area contributed by atoms with E-state index in [-0.39, 0.29) is 28.9 Å². The fourth-order valence-corrected chi connectivity index (χ4v) is 4.54. The predicted molar refractivity (Wildman–Crippen MR) is 101 cm³/mol. The molecule has 1 saturated heterocycles. The van der Waals surface area contributed by atoms with Crippen molar-refractivity contribution >= 4 is 10.7 Å². The first kappa shape index (κ1) is 18.3. The summed E-state index contributed by atoms with van der Waals surface area (Å²) in [7, 11) is -2.62. The molecule has 0 bridgehead atoms. The van der Waals surface area contributed by atoms with Crippen molar-refractivity contribution in [3.63, 3.8) is 0 Å². The Balaban J connectivity index is 1.67. The van der Waals surface area contributed by atoms with Gasteiger partial charge >= 0.3 is 0 Å². The number of likely N-dealkylation sites (tertiary alicyclic amines) is 1. The van der Waals surface area contributed by atoms with Crippen LogP contribution < -0.4 is 4.74 Å². The van der Waals surface area contributed by atoms with E-state index in [2.05, 4.69) is 4.90 Å². The Labute approximate surface area is 160 Å². The largest absolute Gasteiger partial charge is 0.508 e. The predicted octanol–water partition coefficient (Wildman–Crippen LogP) is 1.78. The number of phenols is 1. The van der Waals surface area contributed by atoms with Crippen molar-refractivity contribution in [3.05, 3.63) is 53.1 Å². The van der Waals surface area contributed by atoms with Crippen LogP contribution in [0, 0.1) is 6.92 Å². The third-order valence-electron chi connectivity index (χ3n) is 5.45. The van der Waals surface area contributed by atoms with Crippen LogP contribution in [-0.4, -0.2) is 48.8 Å². The van der Waals surface area contributed by atoms with Gasteiger partial charge in [-0.25, -0.2) is 8.42 Å². The third-order valence-corrected chi connectivity index (χ3v) is 6.17. The monoisotopic (exact) mass is 389 g/mol. The first-order valence-corrected chi connectivity index (χ1v) is 10.3. The minimum absolute atomic E-state index is 0.0145. The first-order chi connectivity index (χ1) is 12.9. The van der Waals surface area contributed by atoms with Gasteiger partial charge in [-0.2, -0.15) is 0 Å². The van der Waals surface area contributed by atoms with Gasteiger partial charge < -0.3 is 14.9 Å². The van der Waals surface area contributed by atoms with Crippen molar-refractivity contribution in [2.75, 3.05) is 13.1 Å². The molecule has 3 atom stereocenters. The smallest absolute Gasteiger partial charge is 0.168 e. The fourth-order valence-electron chi connectivity index (χ4n) is 4.15. The second-order valence-electron chi connectivity index (χ2n) is 7.35. The molecule has 144 valence electrons. The van der Waals surface area contributed by atoms with Crippen LogP contribution in [0.2, 0.25) is 0 Å². The minimum atomic E-state index is -2.62. The zero-order valence-corrected chi connectivity index (χ0v) is 15.9. The lowest BCUT2D eigenvalue weighted by Gasteiger charge is -2.30. The number of rotatable bonds is 4. The Kier molecular flexibility index (Phi) is 4.84. The summed E-state index contributed by atoms with van der Waals surface area (Å²) in [5, 5.41) is 20.4. The summed E-state index contributed by atoms with van der Waals surface area (Å²) in [5.74, 6) is 0.860. The van der Waals surface area contributed by atoms with Gasteiger partial charge in [-0.3, -0.25) is 4.90 Å². The quantitative estimate of drug-likeness (QED) is 0.691. The number of benzene rings is 2. The molecule has 1 fully saturated rings. The lowest BCUT2D eigenvalue weighted by atomic mass is 10.0. The van der Waals surface area contributed by atoms with Gasteiger partial charge in [-0.1, -0.05) is 6.07 Å². The van der Waals surface area contributed by atoms with Gasteiger partial charge in [-0.15, -0.1) is 0 Å². The standard InChI is InChI=1S/C20H23NO5S/c1-12-8-17-16(19(23)9-12)10-18(21-7-6-13(22)11-21)20(17)26-14-2-4-15(5-3-14)27(24)25/h2-5,8-9,13,18,20,22-23,27H,6-7,10-11H2,1H3/t13-,18+,20+/m1/s1. The molecule has 0 saturated carbocycles. The number of thiol groups is 1. The number of aliphatic hydroxyl groups excluding tert-OH is 1. The number of aryl methyl sites for hydroxylation is 1. The summed E-state index contributed by atoms with van der Waals surface area (Å²) in [6.45, 7) is 3.31. The van der Waals surface area contributed by atoms with Crippen LogP contribution in [0.5, 0.6) is 11.5 Å². The van der Waals surface area contributed by atoms with Gasteiger partial charge in [-0.05, 0) is 55.7 Å². The van der Waals surface area contributed by atoms with E-state index in [1.165, 1.54) is 12.1 Å². The fraction of sp³-hybridized carbons (Fsp3) is 0.400. The lowest BCUT2D eigenvalue weighted by molar-refractivity contribution is 0.0817. The molecule has 27 heavy (non-hydrogen) atoms. The number of fused-ring (bicyclic) bond motifs is 1. The number of hydrogen-bond acceptors (Lipinski definition) is 6. The first-order valence-electron chi connectivity index (χ1n) is 9.08. The van der Waals surface area contributed by atoms with Crippen molar-refractivity contribution < 1.29 is 23.4 Å². The summed E-state index contributed by atoms with van der Waals surface area (Å²) < 4.78 is 28.5. The lowest BCUT2D eigenvalue weighted by Crippen LogP contribution is -2.39. The highest BCUT2D eigenvalue weighted by Crippen LogP contribution is 2.43. The van der Waals surface area contributed by atoms with Crippen LogP contribution >= 0.6 is 0 Å². The number of β-amino-alcohol motifs (C(OH)–C–C–N with tert-alkyl or cyclic N) is 1. The van der Waals surface area contributed by atoms with Crippen molar-refractivity contribution in [1.82, 2.24) is 4.90 Å². The molecule has 0 unspecified atom stereocenters. The summed E-state index contributed by atoms with van der Waals surface area (Å²) in [4.78, 5) is 2.46. The maximum absolute atomic E-state index is 11.1. The SMILES string of the molecule is Cc1cc(O)c2c(c1)[C@H](Oc1ccc([SH](=O)=O)cc1)[C@@H](N1CC[C@@H](O)C1)C2. The summed E-state index contributed by atoms with van der Waals surface area (Å²) in [6.07, 6.45) is 0.763. The van der Waals surface area contributed by atoms with Gasteiger partial charge in [0.05, 0.1) is 17.0 Å². The van der Waals surface area contributed by atoms with Gasteiger partial charge in [0.1, 0.15) is 17.6 Å². The molecule has 2 aromatic carbocycles. The average molecular weight is 389 g/mol. The zero-order valence-electron chi connectivity index (χ0n) is 15.0. The number of hydrogen-bond donors (Lipinski definition) is 3. The molecule has 4 rings (SSSR count). The van der Waals surface area contributed by atoms with E-state index in [4.69, 9.17) is 4.74 Å². The topological polar surface area (TPSA) is 87.1 Å². The number of nitrogens with zero attached hydrogens (tertiary/aromatic N) is 1. The molecule has 1 aliphatic carbocycles. The van der Waals surface area contributed by atoms with E-state index in [9.17, 15) is 18.6 Å². The van der Waals surface area contributed by atoms with Crippen molar-refractivity contribution in [1.29, 1.82) is 0 Å². The molecular formula is C20H23NO5S. The highest BCUT2D eigenvalue weighted by atomic mass is 32.2. The molecule has 0 aromatic heterocycles. The minimum Gasteiger partial charge on any atom is -0.508 e. The van der Waals surface area contributed by atoms with Crippen molar-refractivity contribution in [2.45, 2.75) is 42.9 Å². The Hall–Kier alpha value is -2.09. The second-order valence-corrected chi connectivity index (χ2v) is 8.38. The summed E-state index contributed by atoms with van der Waals surface area (Å²) in [5.41, 5.74) is 2.80. The molecule has 0 amide bonds. The molecule has 1 aliphatic heterocycles. The van der Waals surface area contributed by atoms with Gasteiger partial charge in [0.2, 0.25) is 0 Å². The molecule has 2 aromatic rings. The third kappa shape index (κ3) is 3.54. The van der Waals surface area contributed by atoms with Crippen molar-refractivity contribution in [3.8, 4) is 11.5 Å². The zero-order chi connectivity index (χ0) is 19.1. The molecule has 0 radical (unpaired) electrons. The molecule has 0 spiro atoms. The molecule has 1 heterocycles. The normalized spacial score (nSPS) is 25.1. The van der Waals surface area contributed by atoms with E-state index >= 15 is 0 Å². The molecule has 6 nitrogen and oxygen atoms in total. The molecular weight excluding hydrogens is 366 g/mol. The maximum Gasteiger partial charge on any atom is 0.168 e. The van der Waals surface area contributed by atoms with Crippen LogP contribution in [0.15, 0.2) is 41.3 Å². The van der Waals surface area contributed by atoms with Gasteiger partial charge in [0, 0.05) is 24.2 Å². The van der Waals surface area contributed by atoms with Crippen LogP contribution in [0.1, 0.15) is 29.2 Å². The highest BCUT2D eigenvalue weighted by Gasteiger charge is 2.41. The number of aromatic hydroxyl groups is 1. The second kappa shape index (κ2) is 7.14. The van der Waals surface area contributed by atoms with Gasteiger partial charge in [0.25, 0.3) is 0 Å². The van der Waals surface area contributed by atoms with Crippen LogP contribution in [0.4, 0.5) is 0 Å². The Morgan fingerprint density at radius 2 is 1.93 bits per heavy atom. The van der Waals surface area contributed by atoms with Gasteiger partial charge in [0.15, 0.2) is 10.7 Å². The van der Waals surface area contributed by atoms with Crippen LogP contribution in [0.3, 0.4) is 0 Å². The highest BCUT2D eigenvalue weighted by molar-refractivity contribution is 7.72. The number of aliphatic hydroxyl groups is 1. The number of phenolic OH excluding ortho intramolecular Hbond substituents is 1. The maximum atomic E-state index is 11.1. The number of ether oxygens (including phenoxy) is 1. The van der Waals surface area contributed by atoms with Crippen molar-refractivity contribution in [2.24, 2.45) is 0 Å². The Morgan fingerprint density at radius 1 is 1.19 bits per heavy atom. The average Bonchev–Trinajstić information content (AvgIpc) is 3.20. The molecule has 2 aliphatic rings.